The maximum absolute atomic E-state index is 9.35. The average molecular weight is 302 g/mol. The topological polar surface area (TPSA) is 32.3 Å². The van der Waals surface area contributed by atoms with Crippen molar-refractivity contribution in [2.45, 2.75) is 32.9 Å². The van der Waals surface area contributed by atoms with Crippen LogP contribution in [-0.4, -0.2) is 5.11 Å². The Morgan fingerprint density at radius 3 is 2.62 bits per heavy atom. The first-order chi connectivity index (χ1) is 9.95. The standard InChI is InChI=1S/C18H20ClNO/c1-18(2)10-13-5-6-14(19)9-16(13)17(18)20-11-12-3-7-15(21)8-4-12/h3-9,17,20-21H,10-11H2,1-2H3. The molecule has 1 aliphatic rings. The van der Waals surface area contributed by atoms with Crippen LogP contribution in [0.5, 0.6) is 5.75 Å². The van der Waals surface area contributed by atoms with Gasteiger partial charge in [0.1, 0.15) is 5.75 Å². The molecule has 0 bridgehead atoms. The molecular weight excluding hydrogens is 282 g/mol. The lowest BCUT2D eigenvalue weighted by atomic mass is 9.85. The van der Waals surface area contributed by atoms with Gasteiger partial charge in [0.05, 0.1) is 0 Å². The van der Waals surface area contributed by atoms with Crippen LogP contribution in [0.4, 0.5) is 0 Å². The molecule has 0 saturated carbocycles. The predicted molar refractivity (Wildman–Crippen MR) is 86.6 cm³/mol. The molecule has 2 aromatic carbocycles. The van der Waals surface area contributed by atoms with E-state index < -0.39 is 0 Å². The number of fused-ring (bicyclic) bond motifs is 1. The Balaban J connectivity index is 1.81. The van der Waals surface area contributed by atoms with Crippen molar-refractivity contribution < 1.29 is 5.11 Å². The van der Waals surface area contributed by atoms with Crippen LogP contribution in [0.3, 0.4) is 0 Å². The number of hydrogen-bond donors (Lipinski definition) is 2. The molecule has 0 amide bonds. The van der Waals surface area contributed by atoms with Gasteiger partial charge < -0.3 is 10.4 Å². The van der Waals surface area contributed by atoms with Crippen molar-refractivity contribution >= 4 is 11.6 Å². The molecule has 110 valence electrons. The first-order valence-electron chi connectivity index (χ1n) is 7.25. The van der Waals surface area contributed by atoms with E-state index in [0.717, 1.165) is 18.0 Å². The molecule has 1 aliphatic carbocycles. The fraction of sp³-hybridized carbons (Fsp3) is 0.333. The maximum Gasteiger partial charge on any atom is 0.115 e. The molecule has 0 spiro atoms. The Morgan fingerprint density at radius 1 is 1.19 bits per heavy atom. The van der Waals surface area contributed by atoms with E-state index in [4.69, 9.17) is 11.6 Å². The number of aromatic hydroxyl groups is 1. The summed E-state index contributed by atoms with van der Waals surface area (Å²) in [5.74, 6) is 0.303. The number of benzene rings is 2. The van der Waals surface area contributed by atoms with Crippen LogP contribution >= 0.6 is 11.6 Å². The summed E-state index contributed by atoms with van der Waals surface area (Å²) in [4.78, 5) is 0. The molecular formula is C18H20ClNO. The summed E-state index contributed by atoms with van der Waals surface area (Å²) in [6.45, 7) is 5.35. The van der Waals surface area contributed by atoms with Gasteiger partial charge in [-0.05, 0) is 52.8 Å². The lowest BCUT2D eigenvalue weighted by Crippen LogP contribution is -2.30. The largest absolute Gasteiger partial charge is 0.508 e. The molecule has 0 radical (unpaired) electrons. The van der Waals surface area contributed by atoms with Crippen molar-refractivity contribution in [3.05, 3.63) is 64.2 Å². The molecule has 0 aliphatic heterocycles. The summed E-state index contributed by atoms with van der Waals surface area (Å²) in [5, 5.41) is 13.8. The van der Waals surface area contributed by atoms with Crippen molar-refractivity contribution in [3.8, 4) is 5.75 Å². The highest BCUT2D eigenvalue weighted by atomic mass is 35.5. The van der Waals surface area contributed by atoms with E-state index in [-0.39, 0.29) is 5.41 Å². The third-order valence-corrected chi connectivity index (χ3v) is 4.53. The van der Waals surface area contributed by atoms with E-state index in [2.05, 4.69) is 31.3 Å². The van der Waals surface area contributed by atoms with Crippen molar-refractivity contribution in [2.75, 3.05) is 0 Å². The molecule has 1 unspecified atom stereocenters. The van der Waals surface area contributed by atoms with Crippen LogP contribution in [0.25, 0.3) is 0 Å². The predicted octanol–water partition coefficient (Wildman–Crippen LogP) is 4.46. The summed E-state index contributed by atoms with van der Waals surface area (Å²) < 4.78 is 0. The number of rotatable bonds is 3. The third kappa shape index (κ3) is 2.92. The third-order valence-electron chi connectivity index (χ3n) is 4.29. The zero-order valence-corrected chi connectivity index (χ0v) is 13.1. The second-order valence-corrected chi connectivity index (χ2v) is 6.93. The molecule has 2 nitrogen and oxygen atoms in total. The summed E-state index contributed by atoms with van der Waals surface area (Å²) in [6.07, 6.45) is 1.06. The van der Waals surface area contributed by atoms with Crippen LogP contribution in [0.15, 0.2) is 42.5 Å². The van der Waals surface area contributed by atoms with Crippen LogP contribution in [0.1, 0.15) is 36.6 Å². The Morgan fingerprint density at radius 2 is 1.90 bits per heavy atom. The minimum atomic E-state index is 0.171. The summed E-state index contributed by atoms with van der Waals surface area (Å²) >= 11 is 6.16. The van der Waals surface area contributed by atoms with Gasteiger partial charge in [-0.1, -0.05) is 43.6 Å². The highest BCUT2D eigenvalue weighted by Gasteiger charge is 2.38. The van der Waals surface area contributed by atoms with Gasteiger partial charge >= 0.3 is 0 Å². The van der Waals surface area contributed by atoms with E-state index >= 15 is 0 Å². The van der Waals surface area contributed by atoms with Crippen molar-refractivity contribution in [3.63, 3.8) is 0 Å². The Hall–Kier alpha value is -1.51. The number of hydrogen-bond acceptors (Lipinski definition) is 2. The molecule has 1 atom stereocenters. The highest BCUT2D eigenvalue weighted by Crippen LogP contribution is 2.45. The van der Waals surface area contributed by atoms with Crippen molar-refractivity contribution in [1.29, 1.82) is 0 Å². The van der Waals surface area contributed by atoms with Gasteiger partial charge in [0.15, 0.2) is 0 Å². The van der Waals surface area contributed by atoms with E-state index in [9.17, 15) is 5.11 Å². The molecule has 3 heteroatoms. The second kappa shape index (κ2) is 5.36. The molecule has 2 aromatic rings. The lowest BCUT2D eigenvalue weighted by Gasteiger charge is -2.29. The van der Waals surface area contributed by atoms with E-state index in [0.29, 0.717) is 11.8 Å². The Labute approximate surface area is 130 Å². The average Bonchev–Trinajstić information content (AvgIpc) is 2.68. The monoisotopic (exact) mass is 301 g/mol. The van der Waals surface area contributed by atoms with Crippen LogP contribution in [0.2, 0.25) is 5.02 Å². The van der Waals surface area contributed by atoms with Crippen molar-refractivity contribution in [1.82, 2.24) is 5.32 Å². The quantitative estimate of drug-likeness (QED) is 0.877. The number of halogens is 1. The van der Waals surface area contributed by atoms with E-state index in [1.807, 2.05) is 18.2 Å². The first kappa shape index (κ1) is 14.4. The van der Waals surface area contributed by atoms with Gasteiger partial charge in [-0.15, -0.1) is 0 Å². The molecule has 0 heterocycles. The van der Waals surface area contributed by atoms with Gasteiger partial charge in [-0.2, -0.15) is 0 Å². The minimum Gasteiger partial charge on any atom is -0.508 e. The smallest absolute Gasteiger partial charge is 0.115 e. The maximum atomic E-state index is 9.35. The summed E-state index contributed by atoms with van der Waals surface area (Å²) in [6, 6.07) is 13.8. The zero-order chi connectivity index (χ0) is 15.0. The molecule has 21 heavy (non-hydrogen) atoms. The highest BCUT2D eigenvalue weighted by molar-refractivity contribution is 6.30. The van der Waals surface area contributed by atoms with Gasteiger partial charge in [0, 0.05) is 17.6 Å². The van der Waals surface area contributed by atoms with E-state index in [1.165, 1.54) is 16.7 Å². The Kier molecular flexibility index (Phi) is 3.68. The zero-order valence-electron chi connectivity index (χ0n) is 12.4. The summed E-state index contributed by atoms with van der Waals surface area (Å²) in [5.41, 5.74) is 4.03. The number of nitrogens with one attached hydrogen (secondary N) is 1. The van der Waals surface area contributed by atoms with Gasteiger partial charge in [0.25, 0.3) is 0 Å². The van der Waals surface area contributed by atoms with E-state index in [1.54, 1.807) is 12.1 Å². The number of phenols is 1. The normalized spacial score (nSPS) is 19.5. The molecule has 3 rings (SSSR count). The fourth-order valence-corrected chi connectivity index (χ4v) is 3.41. The van der Waals surface area contributed by atoms with Gasteiger partial charge in [-0.3, -0.25) is 0 Å². The summed E-state index contributed by atoms with van der Waals surface area (Å²) in [7, 11) is 0. The lowest BCUT2D eigenvalue weighted by molar-refractivity contribution is 0.268. The van der Waals surface area contributed by atoms with Crippen LogP contribution in [0, 0.1) is 5.41 Å². The van der Waals surface area contributed by atoms with Crippen LogP contribution < -0.4 is 5.32 Å². The van der Waals surface area contributed by atoms with Crippen LogP contribution in [-0.2, 0) is 13.0 Å². The van der Waals surface area contributed by atoms with Gasteiger partial charge in [0.2, 0.25) is 0 Å². The SMILES string of the molecule is CC1(C)Cc2ccc(Cl)cc2C1NCc1ccc(O)cc1. The Bertz CT molecular complexity index is 649. The molecule has 0 saturated heterocycles. The number of phenolic OH excluding ortho intramolecular Hbond substituents is 1. The minimum absolute atomic E-state index is 0.171. The fourth-order valence-electron chi connectivity index (χ4n) is 3.23. The first-order valence-corrected chi connectivity index (χ1v) is 7.63. The van der Waals surface area contributed by atoms with Crippen molar-refractivity contribution in [2.24, 2.45) is 5.41 Å². The molecule has 2 N–H and O–H groups in total. The second-order valence-electron chi connectivity index (χ2n) is 6.49. The molecule has 0 aromatic heterocycles. The van der Waals surface area contributed by atoms with Gasteiger partial charge in [-0.25, -0.2) is 0 Å². The molecule has 0 fully saturated rings.